The molecule has 0 saturated heterocycles. The number of nitriles is 1. The molecule has 0 atom stereocenters. The molecule has 0 bridgehead atoms. The average Bonchev–Trinajstić information content (AvgIpc) is 3.16. The molecule has 0 aliphatic carbocycles. The molecule has 8 heteroatoms. The Bertz CT molecular complexity index is 1090. The summed E-state index contributed by atoms with van der Waals surface area (Å²) in [5.41, 5.74) is 3.08. The number of halogens is 1. The molecule has 0 radical (unpaired) electrons. The predicted molar refractivity (Wildman–Crippen MR) is 97.4 cm³/mol. The van der Waals surface area contributed by atoms with Crippen molar-refractivity contribution in [1.29, 1.82) is 5.26 Å². The van der Waals surface area contributed by atoms with E-state index in [1.165, 1.54) is 0 Å². The first-order valence-corrected chi connectivity index (χ1v) is 8.58. The van der Waals surface area contributed by atoms with Gasteiger partial charge >= 0.3 is 0 Å². The largest absolute Gasteiger partial charge is 0.453 e. The van der Waals surface area contributed by atoms with Crippen LogP contribution in [0.25, 0.3) is 0 Å². The smallest absolute Gasteiger partial charge is 0.273 e. The van der Waals surface area contributed by atoms with Crippen LogP contribution in [0.2, 0.25) is 5.02 Å². The Morgan fingerprint density at radius 2 is 2.26 bits per heavy atom. The first kappa shape index (κ1) is 17.1. The third kappa shape index (κ3) is 3.23. The van der Waals surface area contributed by atoms with Gasteiger partial charge in [-0.25, -0.2) is 0 Å². The number of H-pyrrole nitrogens is 1. The summed E-state index contributed by atoms with van der Waals surface area (Å²) in [6.07, 6.45) is 1.61. The maximum Gasteiger partial charge on any atom is 0.273 e. The van der Waals surface area contributed by atoms with E-state index < -0.39 is 0 Å². The fraction of sp³-hybridized carbons (Fsp3) is 0.158. The number of ether oxygens (including phenoxy) is 1. The Hall–Kier alpha value is -3.37. The van der Waals surface area contributed by atoms with Crippen molar-refractivity contribution in [1.82, 2.24) is 20.1 Å². The number of aromatic nitrogens is 3. The van der Waals surface area contributed by atoms with Crippen LogP contribution in [0.15, 0.2) is 36.5 Å². The minimum absolute atomic E-state index is 0.127. The third-order valence-corrected chi connectivity index (χ3v) is 4.49. The highest BCUT2D eigenvalue weighted by Crippen LogP contribution is 2.32. The third-order valence-electron chi connectivity index (χ3n) is 4.27. The van der Waals surface area contributed by atoms with Gasteiger partial charge in [-0.3, -0.25) is 14.9 Å². The van der Waals surface area contributed by atoms with Crippen molar-refractivity contribution in [3.63, 3.8) is 0 Å². The highest BCUT2D eigenvalue weighted by Gasteiger charge is 2.30. The Morgan fingerprint density at radius 3 is 3.04 bits per heavy atom. The minimum Gasteiger partial charge on any atom is -0.453 e. The molecule has 0 saturated carbocycles. The van der Waals surface area contributed by atoms with E-state index in [4.69, 9.17) is 21.6 Å². The van der Waals surface area contributed by atoms with Crippen LogP contribution in [0.4, 0.5) is 0 Å². The van der Waals surface area contributed by atoms with Gasteiger partial charge in [-0.2, -0.15) is 10.4 Å². The van der Waals surface area contributed by atoms with Crippen LogP contribution in [-0.2, 0) is 13.1 Å². The zero-order valence-corrected chi connectivity index (χ0v) is 15.1. The molecule has 2 aromatic heterocycles. The molecule has 0 spiro atoms. The van der Waals surface area contributed by atoms with Gasteiger partial charge in [0.05, 0.1) is 23.9 Å². The van der Waals surface area contributed by atoms with Crippen LogP contribution in [-0.4, -0.2) is 26.0 Å². The van der Waals surface area contributed by atoms with Crippen molar-refractivity contribution in [3.05, 3.63) is 69.8 Å². The lowest BCUT2D eigenvalue weighted by Crippen LogP contribution is -2.24. The molecule has 1 aromatic carbocycles. The molecular formula is C19H14ClN5O2. The number of hydrogen-bond donors (Lipinski definition) is 1. The molecule has 1 aliphatic rings. The van der Waals surface area contributed by atoms with Crippen molar-refractivity contribution in [2.24, 2.45) is 0 Å². The van der Waals surface area contributed by atoms with Crippen molar-refractivity contribution >= 4 is 17.5 Å². The number of hydrogen-bond acceptors (Lipinski definition) is 5. The van der Waals surface area contributed by atoms with E-state index in [1.54, 1.807) is 36.2 Å². The number of aryl methyl sites for hydroxylation is 1. The van der Waals surface area contributed by atoms with Crippen molar-refractivity contribution in [3.8, 4) is 17.6 Å². The standard InChI is InChI=1S/C19H14ClN5O2/c1-11-18(27-15-6-12(8-21)5-14(20)7-15)16(24-23-11)10-25-9-13-3-2-4-22-17(13)19(25)26/h2-7H,9-10H2,1H3,(H,23,24). The van der Waals surface area contributed by atoms with Crippen LogP contribution < -0.4 is 4.74 Å². The second kappa shape index (κ2) is 6.74. The molecule has 1 N–H and O–H groups in total. The van der Waals surface area contributed by atoms with E-state index >= 15 is 0 Å². The molecule has 7 nitrogen and oxygen atoms in total. The van der Waals surface area contributed by atoms with Crippen molar-refractivity contribution in [2.75, 3.05) is 0 Å². The lowest BCUT2D eigenvalue weighted by Gasteiger charge is -2.15. The highest BCUT2D eigenvalue weighted by molar-refractivity contribution is 6.30. The Labute approximate surface area is 160 Å². The van der Waals surface area contributed by atoms with Crippen molar-refractivity contribution in [2.45, 2.75) is 20.0 Å². The van der Waals surface area contributed by atoms with Crippen LogP contribution in [0.1, 0.15) is 33.0 Å². The topological polar surface area (TPSA) is 94.9 Å². The molecular weight excluding hydrogens is 366 g/mol. The van der Waals surface area contributed by atoms with Gasteiger partial charge in [-0.1, -0.05) is 17.7 Å². The number of carbonyl (C=O) groups excluding carboxylic acids is 1. The average molecular weight is 380 g/mol. The van der Waals surface area contributed by atoms with E-state index in [0.29, 0.717) is 52.3 Å². The molecule has 3 aromatic rings. The fourth-order valence-corrected chi connectivity index (χ4v) is 3.25. The number of aromatic amines is 1. The van der Waals surface area contributed by atoms with Gasteiger partial charge in [0, 0.05) is 23.3 Å². The Kier molecular flexibility index (Phi) is 4.26. The zero-order chi connectivity index (χ0) is 19.0. The van der Waals surface area contributed by atoms with Crippen LogP contribution in [0, 0.1) is 18.3 Å². The summed E-state index contributed by atoms with van der Waals surface area (Å²) in [6.45, 7) is 2.58. The molecule has 0 unspecified atom stereocenters. The first-order chi connectivity index (χ1) is 13.0. The normalized spacial score (nSPS) is 12.8. The van der Waals surface area contributed by atoms with E-state index in [2.05, 4.69) is 15.2 Å². The Balaban J connectivity index is 1.59. The molecule has 134 valence electrons. The number of carbonyl (C=O) groups is 1. The van der Waals surface area contributed by atoms with Crippen LogP contribution in [0.3, 0.4) is 0 Å². The van der Waals surface area contributed by atoms with E-state index in [0.717, 1.165) is 5.56 Å². The highest BCUT2D eigenvalue weighted by atomic mass is 35.5. The zero-order valence-electron chi connectivity index (χ0n) is 14.4. The summed E-state index contributed by atoms with van der Waals surface area (Å²) in [7, 11) is 0. The maximum absolute atomic E-state index is 12.5. The van der Waals surface area contributed by atoms with Gasteiger partial charge in [-0.05, 0) is 31.2 Å². The van der Waals surface area contributed by atoms with Crippen LogP contribution in [0.5, 0.6) is 11.5 Å². The van der Waals surface area contributed by atoms with Gasteiger partial charge in [-0.15, -0.1) is 0 Å². The first-order valence-electron chi connectivity index (χ1n) is 8.20. The molecule has 1 aliphatic heterocycles. The summed E-state index contributed by atoms with van der Waals surface area (Å²) in [4.78, 5) is 18.4. The van der Waals surface area contributed by atoms with Crippen molar-refractivity contribution < 1.29 is 9.53 Å². The van der Waals surface area contributed by atoms with E-state index in [9.17, 15) is 4.79 Å². The summed E-state index contributed by atoms with van der Waals surface area (Å²) in [5.74, 6) is 0.818. The lowest BCUT2D eigenvalue weighted by atomic mass is 10.2. The molecule has 27 heavy (non-hydrogen) atoms. The number of amides is 1. The predicted octanol–water partition coefficient (Wildman–Crippen LogP) is 3.59. The molecule has 0 fully saturated rings. The number of nitrogens with zero attached hydrogens (tertiary/aromatic N) is 4. The molecule has 1 amide bonds. The van der Waals surface area contributed by atoms with Gasteiger partial charge in [0.2, 0.25) is 0 Å². The summed E-state index contributed by atoms with van der Waals surface area (Å²) >= 11 is 6.04. The number of pyridine rings is 1. The fourth-order valence-electron chi connectivity index (χ4n) is 3.02. The van der Waals surface area contributed by atoms with Gasteiger partial charge in [0.25, 0.3) is 5.91 Å². The second-order valence-corrected chi connectivity index (χ2v) is 6.61. The summed E-state index contributed by atoms with van der Waals surface area (Å²) < 4.78 is 5.94. The number of fused-ring (bicyclic) bond motifs is 1. The number of rotatable bonds is 4. The van der Waals surface area contributed by atoms with Gasteiger partial charge < -0.3 is 9.64 Å². The minimum atomic E-state index is -0.127. The lowest BCUT2D eigenvalue weighted by molar-refractivity contribution is 0.0759. The van der Waals surface area contributed by atoms with E-state index in [-0.39, 0.29) is 5.91 Å². The Morgan fingerprint density at radius 1 is 1.41 bits per heavy atom. The summed E-state index contributed by atoms with van der Waals surface area (Å²) in [5, 5.41) is 16.6. The molecule has 4 rings (SSSR count). The maximum atomic E-state index is 12.5. The molecule has 3 heterocycles. The quantitative estimate of drug-likeness (QED) is 0.747. The second-order valence-electron chi connectivity index (χ2n) is 6.18. The SMILES string of the molecule is Cc1n[nH]c(CN2Cc3cccnc3C2=O)c1Oc1cc(Cl)cc(C#N)c1. The van der Waals surface area contributed by atoms with Gasteiger partial charge in [0.1, 0.15) is 17.1 Å². The monoisotopic (exact) mass is 379 g/mol. The number of nitrogens with one attached hydrogen (secondary N) is 1. The van der Waals surface area contributed by atoms with Gasteiger partial charge in [0.15, 0.2) is 5.75 Å². The number of benzene rings is 1. The van der Waals surface area contributed by atoms with Crippen LogP contribution >= 0.6 is 11.6 Å². The van der Waals surface area contributed by atoms with E-state index in [1.807, 2.05) is 18.2 Å². The summed E-state index contributed by atoms with van der Waals surface area (Å²) in [6, 6.07) is 10.5.